The fourth-order valence-electron chi connectivity index (χ4n) is 1.94. The van der Waals surface area contributed by atoms with Crippen molar-refractivity contribution in [1.29, 1.82) is 0 Å². The molecule has 2 rings (SSSR count). The lowest BCUT2D eigenvalue weighted by molar-refractivity contribution is -0.138. The maximum atomic E-state index is 13.1. The van der Waals surface area contributed by atoms with Crippen LogP contribution in [0.4, 0.5) is 13.2 Å². The highest BCUT2D eigenvalue weighted by atomic mass is 19.4. The van der Waals surface area contributed by atoms with Crippen LogP contribution in [0.3, 0.4) is 0 Å². The van der Waals surface area contributed by atoms with Crippen LogP contribution < -0.4 is 11.5 Å². The third-order valence-corrected chi connectivity index (χ3v) is 2.92. The van der Waals surface area contributed by atoms with Crippen LogP contribution in [0, 0.1) is 0 Å². The molecule has 0 atom stereocenters. The summed E-state index contributed by atoms with van der Waals surface area (Å²) in [5.41, 5.74) is 9.91. The molecular weight excluding hydrogens is 285 g/mol. The summed E-state index contributed by atoms with van der Waals surface area (Å²) in [7, 11) is 0. The molecule has 0 saturated carbocycles. The summed E-state index contributed by atoms with van der Waals surface area (Å²) in [6.45, 7) is 0.121. The normalized spacial score (nSPS) is 11.6. The first kappa shape index (κ1) is 15.0. The van der Waals surface area contributed by atoms with Gasteiger partial charge in [-0.3, -0.25) is 4.79 Å². The third kappa shape index (κ3) is 3.22. The van der Waals surface area contributed by atoms with Crippen molar-refractivity contribution in [3.05, 3.63) is 47.3 Å². The van der Waals surface area contributed by atoms with Gasteiger partial charge in [-0.2, -0.15) is 18.3 Å². The Hall–Kier alpha value is -2.35. The number of primary amides is 1. The van der Waals surface area contributed by atoms with Gasteiger partial charge in [-0.05, 0) is 36.7 Å². The summed E-state index contributed by atoms with van der Waals surface area (Å²) in [5.74, 6) is -0.746. The number of alkyl halides is 3. The van der Waals surface area contributed by atoms with E-state index in [1.54, 1.807) is 0 Å². The van der Waals surface area contributed by atoms with Gasteiger partial charge in [-0.1, -0.05) is 6.07 Å². The largest absolute Gasteiger partial charge is 0.416 e. The Morgan fingerprint density at radius 2 is 2.00 bits per heavy atom. The van der Waals surface area contributed by atoms with E-state index in [1.807, 2.05) is 0 Å². The van der Waals surface area contributed by atoms with Crippen LogP contribution in [0.2, 0.25) is 0 Å². The molecular formula is C13H13F3N4O. The topological polar surface area (TPSA) is 86.9 Å². The lowest BCUT2D eigenvalue weighted by Gasteiger charge is -2.14. The monoisotopic (exact) mass is 298 g/mol. The molecule has 0 spiro atoms. The van der Waals surface area contributed by atoms with E-state index in [2.05, 4.69) is 5.10 Å². The van der Waals surface area contributed by atoms with E-state index in [0.717, 1.165) is 6.07 Å². The van der Waals surface area contributed by atoms with Crippen LogP contribution in [0.15, 0.2) is 30.5 Å². The molecule has 1 aromatic heterocycles. The highest BCUT2D eigenvalue weighted by molar-refractivity contribution is 5.90. The van der Waals surface area contributed by atoms with E-state index in [9.17, 15) is 18.0 Å². The van der Waals surface area contributed by atoms with Gasteiger partial charge in [0.15, 0.2) is 0 Å². The van der Waals surface area contributed by atoms with Crippen molar-refractivity contribution in [2.75, 3.05) is 6.54 Å². The molecule has 1 aromatic carbocycles. The molecule has 112 valence electrons. The van der Waals surface area contributed by atoms with Crippen molar-refractivity contribution in [3.63, 3.8) is 0 Å². The molecule has 1 amide bonds. The number of halogens is 3. The smallest absolute Gasteiger partial charge is 0.364 e. The fraction of sp³-hybridized carbons (Fsp3) is 0.231. The van der Waals surface area contributed by atoms with Gasteiger partial charge in [0, 0.05) is 6.20 Å². The van der Waals surface area contributed by atoms with Crippen molar-refractivity contribution in [2.24, 2.45) is 11.5 Å². The molecule has 0 unspecified atom stereocenters. The molecule has 4 N–H and O–H groups in total. The molecule has 0 bridgehead atoms. The minimum Gasteiger partial charge on any atom is -0.364 e. The highest BCUT2D eigenvalue weighted by Gasteiger charge is 2.33. The number of aromatic nitrogens is 2. The number of hydrogen-bond acceptors (Lipinski definition) is 3. The van der Waals surface area contributed by atoms with Gasteiger partial charge < -0.3 is 11.5 Å². The van der Waals surface area contributed by atoms with E-state index in [1.165, 1.54) is 29.1 Å². The van der Waals surface area contributed by atoms with E-state index in [-0.39, 0.29) is 29.9 Å². The minimum atomic E-state index is -4.49. The number of nitrogens with two attached hydrogens (primary N) is 2. The van der Waals surface area contributed by atoms with Gasteiger partial charge in [0.1, 0.15) is 5.69 Å². The number of nitrogens with zero attached hydrogens (tertiary/aromatic N) is 2. The van der Waals surface area contributed by atoms with Crippen molar-refractivity contribution < 1.29 is 18.0 Å². The molecule has 0 radical (unpaired) electrons. The first-order chi connectivity index (χ1) is 9.82. The second kappa shape index (κ2) is 5.57. The second-order valence-corrected chi connectivity index (χ2v) is 4.39. The second-order valence-electron chi connectivity index (χ2n) is 4.39. The van der Waals surface area contributed by atoms with Crippen LogP contribution in [-0.4, -0.2) is 22.2 Å². The average molecular weight is 298 g/mol. The zero-order valence-electron chi connectivity index (χ0n) is 10.9. The molecule has 0 fully saturated rings. The molecule has 5 nitrogen and oxygen atoms in total. The Bertz CT molecular complexity index is 664. The van der Waals surface area contributed by atoms with Gasteiger partial charge >= 0.3 is 6.18 Å². The minimum absolute atomic E-state index is 0.0189. The highest BCUT2D eigenvalue weighted by Crippen LogP contribution is 2.33. The zero-order valence-corrected chi connectivity index (χ0v) is 10.9. The molecule has 0 aliphatic heterocycles. The average Bonchev–Trinajstić information content (AvgIpc) is 2.88. The SMILES string of the molecule is NCCc1ccc(-n2ccc(C(N)=O)n2)cc1C(F)(F)F. The Labute approximate surface area is 118 Å². The Morgan fingerprint density at radius 1 is 1.29 bits per heavy atom. The van der Waals surface area contributed by atoms with Crippen LogP contribution in [0.25, 0.3) is 5.69 Å². The van der Waals surface area contributed by atoms with Crippen LogP contribution in [0.5, 0.6) is 0 Å². The van der Waals surface area contributed by atoms with Crippen LogP contribution in [-0.2, 0) is 12.6 Å². The first-order valence-corrected chi connectivity index (χ1v) is 6.09. The van der Waals surface area contributed by atoms with Crippen molar-refractivity contribution in [2.45, 2.75) is 12.6 Å². The number of amides is 1. The number of benzene rings is 1. The van der Waals surface area contributed by atoms with Gasteiger partial charge in [0.25, 0.3) is 5.91 Å². The number of carbonyl (C=O) groups excluding carboxylic acids is 1. The predicted octanol–water partition coefficient (Wildman–Crippen LogP) is 1.49. The lowest BCUT2D eigenvalue weighted by Crippen LogP contribution is -2.14. The first-order valence-electron chi connectivity index (χ1n) is 6.09. The van der Waals surface area contributed by atoms with E-state index < -0.39 is 17.6 Å². The maximum Gasteiger partial charge on any atom is 0.416 e. The Balaban J connectivity index is 2.47. The number of hydrogen-bond donors (Lipinski definition) is 2. The molecule has 1 heterocycles. The Morgan fingerprint density at radius 3 is 2.52 bits per heavy atom. The lowest BCUT2D eigenvalue weighted by atomic mass is 10.0. The number of carbonyl (C=O) groups is 1. The summed E-state index contributed by atoms with van der Waals surface area (Å²) < 4.78 is 40.3. The zero-order chi connectivity index (χ0) is 15.6. The molecule has 8 heteroatoms. The van der Waals surface area contributed by atoms with Crippen LogP contribution in [0.1, 0.15) is 21.6 Å². The molecule has 0 saturated heterocycles. The van der Waals surface area contributed by atoms with E-state index in [4.69, 9.17) is 11.5 Å². The summed E-state index contributed by atoms with van der Waals surface area (Å²) in [5, 5.41) is 3.83. The summed E-state index contributed by atoms with van der Waals surface area (Å²) >= 11 is 0. The predicted molar refractivity (Wildman–Crippen MR) is 69.8 cm³/mol. The molecule has 0 aliphatic carbocycles. The molecule has 0 aliphatic rings. The third-order valence-electron chi connectivity index (χ3n) is 2.92. The van der Waals surface area contributed by atoms with Gasteiger partial charge in [0.05, 0.1) is 11.3 Å². The van der Waals surface area contributed by atoms with Crippen molar-refractivity contribution in [1.82, 2.24) is 9.78 Å². The number of rotatable bonds is 4. The summed E-state index contributed by atoms with van der Waals surface area (Å²) in [6.07, 6.45) is -2.99. The Kier molecular flexibility index (Phi) is 3.99. The van der Waals surface area contributed by atoms with Crippen molar-refractivity contribution >= 4 is 5.91 Å². The quantitative estimate of drug-likeness (QED) is 0.896. The summed E-state index contributed by atoms with van der Waals surface area (Å²) in [4.78, 5) is 11.0. The standard InChI is InChI=1S/C13H13F3N4O/c14-13(15,16)10-7-9(2-1-8(10)3-5-17)20-6-4-11(19-20)12(18)21/h1-2,4,6-7H,3,5,17H2,(H2,18,21). The van der Waals surface area contributed by atoms with Gasteiger partial charge in [-0.25, -0.2) is 4.68 Å². The van der Waals surface area contributed by atoms with Gasteiger partial charge in [-0.15, -0.1) is 0 Å². The molecule has 2 aromatic rings. The van der Waals surface area contributed by atoms with E-state index >= 15 is 0 Å². The van der Waals surface area contributed by atoms with Crippen molar-refractivity contribution in [3.8, 4) is 5.69 Å². The van der Waals surface area contributed by atoms with Crippen LogP contribution >= 0.6 is 0 Å². The summed E-state index contributed by atoms with van der Waals surface area (Å²) in [6, 6.07) is 5.15. The van der Waals surface area contributed by atoms with Gasteiger partial charge in [0.2, 0.25) is 0 Å². The van der Waals surface area contributed by atoms with E-state index in [0.29, 0.717) is 0 Å². The maximum absolute atomic E-state index is 13.1. The molecule has 21 heavy (non-hydrogen) atoms. The fourth-order valence-corrected chi connectivity index (χ4v) is 1.94.